The van der Waals surface area contributed by atoms with E-state index in [0.29, 0.717) is 6.04 Å². The highest BCUT2D eigenvalue weighted by Gasteiger charge is 2.27. The molecule has 1 fully saturated rings. The van der Waals surface area contributed by atoms with Gasteiger partial charge in [0.1, 0.15) is 5.76 Å². The maximum absolute atomic E-state index is 5.59. The van der Waals surface area contributed by atoms with E-state index in [9.17, 15) is 0 Å². The summed E-state index contributed by atoms with van der Waals surface area (Å²) in [6.07, 6.45) is 10.0. The van der Waals surface area contributed by atoms with Gasteiger partial charge in [-0.05, 0) is 39.0 Å². The molecule has 0 amide bonds. The molecule has 2 aromatic heterocycles. The molecule has 2 aromatic rings. The van der Waals surface area contributed by atoms with Gasteiger partial charge >= 0.3 is 0 Å². The molecule has 2 aliphatic rings. The molecule has 112 valence electrons. The minimum absolute atomic E-state index is 0.565. The van der Waals surface area contributed by atoms with Gasteiger partial charge in [-0.3, -0.25) is 4.90 Å². The molecular formula is C16H22N4O. The highest BCUT2D eigenvalue weighted by molar-refractivity contribution is 5.17. The Labute approximate surface area is 125 Å². The van der Waals surface area contributed by atoms with Gasteiger partial charge in [-0.25, -0.2) is 9.97 Å². The van der Waals surface area contributed by atoms with E-state index in [1.54, 1.807) is 6.20 Å². The average molecular weight is 286 g/mol. The van der Waals surface area contributed by atoms with Crippen LogP contribution in [0.3, 0.4) is 0 Å². The van der Waals surface area contributed by atoms with Crippen LogP contribution in [0.15, 0.2) is 16.9 Å². The normalized spacial score (nSPS) is 22.6. The number of fused-ring (bicyclic) bond motifs is 1. The van der Waals surface area contributed by atoms with Gasteiger partial charge in [0.05, 0.1) is 24.8 Å². The Morgan fingerprint density at radius 1 is 1.29 bits per heavy atom. The number of hydrogen-bond donors (Lipinski definition) is 0. The van der Waals surface area contributed by atoms with Gasteiger partial charge in [0, 0.05) is 24.8 Å². The molecule has 5 nitrogen and oxygen atoms in total. The third kappa shape index (κ3) is 2.50. The van der Waals surface area contributed by atoms with Crippen molar-refractivity contribution in [3.05, 3.63) is 35.6 Å². The van der Waals surface area contributed by atoms with Crippen molar-refractivity contribution in [3.8, 4) is 0 Å². The number of aromatic nitrogens is 3. The lowest BCUT2D eigenvalue weighted by Gasteiger charge is -2.19. The summed E-state index contributed by atoms with van der Waals surface area (Å²) in [6, 6.07) is 0.565. The van der Waals surface area contributed by atoms with Crippen LogP contribution in [0.1, 0.15) is 48.3 Å². The second-order valence-electron chi connectivity index (χ2n) is 6.29. The van der Waals surface area contributed by atoms with Crippen LogP contribution in [0.4, 0.5) is 0 Å². The smallest absolute Gasteiger partial charge is 0.208 e. The SMILES string of the molecule is Cc1cnc(CN2CCC(n3cnc4c3CCCC4)C2)o1. The van der Waals surface area contributed by atoms with E-state index in [0.717, 1.165) is 37.7 Å². The van der Waals surface area contributed by atoms with E-state index in [-0.39, 0.29) is 0 Å². The van der Waals surface area contributed by atoms with Crippen LogP contribution in [0.25, 0.3) is 0 Å². The van der Waals surface area contributed by atoms with Crippen LogP contribution >= 0.6 is 0 Å². The van der Waals surface area contributed by atoms with Crippen molar-refractivity contribution in [2.45, 2.75) is 51.6 Å². The quantitative estimate of drug-likeness (QED) is 0.870. The molecule has 21 heavy (non-hydrogen) atoms. The van der Waals surface area contributed by atoms with Crippen LogP contribution < -0.4 is 0 Å². The lowest BCUT2D eigenvalue weighted by atomic mass is 10.0. The van der Waals surface area contributed by atoms with Gasteiger partial charge in [-0.2, -0.15) is 0 Å². The van der Waals surface area contributed by atoms with Crippen LogP contribution in [0.5, 0.6) is 0 Å². The summed E-state index contributed by atoms with van der Waals surface area (Å²) < 4.78 is 8.03. The zero-order valence-electron chi connectivity index (χ0n) is 12.6. The second-order valence-corrected chi connectivity index (χ2v) is 6.29. The lowest BCUT2D eigenvalue weighted by Crippen LogP contribution is -2.22. The number of likely N-dealkylation sites (tertiary alicyclic amines) is 1. The first-order valence-corrected chi connectivity index (χ1v) is 7.98. The fourth-order valence-corrected chi connectivity index (χ4v) is 3.66. The molecule has 0 radical (unpaired) electrons. The third-order valence-electron chi connectivity index (χ3n) is 4.73. The first kappa shape index (κ1) is 13.1. The van der Waals surface area contributed by atoms with Crippen LogP contribution in [-0.4, -0.2) is 32.5 Å². The van der Waals surface area contributed by atoms with E-state index in [4.69, 9.17) is 4.42 Å². The van der Waals surface area contributed by atoms with Gasteiger partial charge in [0.15, 0.2) is 0 Å². The minimum Gasteiger partial charge on any atom is -0.445 e. The molecule has 4 rings (SSSR count). The molecule has 1 atom stereocenters. The van der Waals surface area contributed by atoms with E-state index < -0.39 is 0 Å². The minimum atomic E-state index is 0.565. The molecule has 3 heterocycles. The number of rotatable bonds is 3. The zero-order chi connectivity index (χ0) is 14.2. The van der Waals surface area contributed by atoms with Gasteiger partial charge in [0.25, 0.3) is 0 Å². The molecule has 0 saturated carbocycles. The Morgan fingerprint density at radius 2 is 2.19 bits per heavy atom. The number of oxazole rings is 1. The molecule has 1 saturated heterocycles. The number of hydrogen-bond acceptors (Lipinski definition) is 4. The fraction of sp³-hybridized carbons (Fsp3) is 0.625. The van der Waals surface area contributed by atoms with E-state index in [1.165, 1.54) is 37.1 Å². The number of imidazole rings is 1. The predicted octanol–water partition coefficient (Wildman–Crippen LogP) is 2.51. The highest BCUT2D eigenvalue weighted by atomic mass is 16.4. The Hall–Kier alpha value is -1.62. The summed E-state index contributed by atoms with van der Waals surface area (Å²) in [5, 5.41) is 0. The Morgan fingerprint density at radius 3 is 3.05 bits per heavy atom. The summed E-state index contributed by atoms with van der Waals surface area (Å²) in [5.74, 6) is 1.73. The molecule has 1 aliphatic carbocycles. The van der Waals surface area contributed by atoms with Crippen molar-refractivity contribution in [1.29, 1.82) is 0 Å². The Balaban J connectivity index is 1.45. The van der Waals surface area contributed by atoms with Gasteiger partial charge in [0.2, 0.25) is 5.89 Å². The molecule has 0 N–H and O–H groups in total. The zero-order valence-corrected chi connectivity index (χ0v) is 12.6. The van der Waals surface area contributed by atoms with Gasteiger partial charge in [-0.15, -0.1) is 0 Å². The van der Waals surface area contributed by atoms with Crippen molar-refractivity contribution in [2.24, 2.45) is 0 Å². The standard InChI is InChI=1S/C16H22N4O/c1-12-8-17-16(21-12)10-19-7-6-13(9-19)20-11-18-14-4-2-3-5-15(14)20/h8,11,13H,2-7,9-10H2,1H3. The second kappa shape index (κ2) is 5.30. The number of nitrogens with zero attached hydrogens (tertiary/aromatic N) is 4. The highest BCUT2D eigenvalue weighted by Crippen LogP contribution is 2.28. The van der Waals surface area contributed by atoms with Crippen molar-refractivity contribution in [2.75, 3.05) is 13.1 Å². The summed E-state index contributed by atoms with van der Waals surface area (Å²) in [4.78, 5) is 11.4. The van der Waals surface area contributed by atoms with Crippen LogP contribution in [0.2, 0.25) is 0 Å². The molecule has 5 heteroatoms. The van der Waals surface area contributed by atoms with Crippen molar-refractivity contribution in [3.63, 3.8) is 0 Å². The molecule has 0 bridgehead atoms. The maximum atomic E-state index is 5.59. The lowest BCUT2D eigenvalue weighted by molar-refractivity contribution is 0.277. The van der Waals surface area contributed by atoms with Crippen molar-refractivity contribution < 1.29 is 4.42 Å². The maximum Gasteiger partial charge on any atom is 0.208 e. The van der Waals surface area contributed by atoms with E-state index in [1.807, 2.05) is 6.92 Å². The monoisotopic (exact) mass is 286 g/mol. The summed E-state index contributed by atoms with van der Waals surface area (Å²) >= 11 is 0. The van der Waals surface area contributed by atoms with Crippen LogP contribution in [-0.2, 0) is 19.4 Å². The molecule has 1 unspecified atom stereocenters. The fourth-order valence-electron chi connectivity index (χ4n) is 3.66. The summed E-state index contributed by atoms with van der Waals surface area (Å²) in [6.45, 7) is 4.95. The summed E-state index contributed by atoms with van der Waals surface area (Å²) in [7, 11) is 0. The van der Waals surface area contributed by atoms with Crippen LogP contribution in [0, 0.1) is 6.92 Å². The van der Waals surface area contributed by atoms with Crippen molar-refractivity contribution >= 4 is 0 Å². The third-order valence-corrected chi connectivity index (χ3v) is 4.73. The first-order chi connectivity index (χ1) is 10.3. The van der Waals surface area contributed by atoms with Gasteiger partial charge < -0.3 is 8.98 Å². The molecule has 0 aromatic carbocycles. The van der Waals surface area contributed by atoms with E-state index >= 15 is 0 Å². The van der Waals surface area contributed by atoms with Crippen molar-refractivity contribution in [1.82, 2.24) is 19.4 Å². The van der Waals surface area contributed by atoms with Gasteiger partial charge in [-0.1, -0.05) is 0 Å². The van der Waals surface area contributed by atoms with E-state index in [2.05, 4.69) is 25.8 Å². The number of aryl methyl sites for hydroxylation is 2. The topological polar surface area (TPSA) is 47.1 Å². The molecule has 0 spiro atoms. The summed E-state index contributed by atoms with van der Waals surface area (Å²) in [5.41, 5.74) is 2.82. The Kier molecular flexibility index (Phi) is 3.30. The predicted molar refractivity (Wildman–Crippen MR) is 79.0 cm³/mol. The average Bonchev–Trinajstić information content (AvgIpc) is 3.19. The molecular weight excluding hydrogens is 264 g/mol. The first-order valence-electron chi connectivity index (χ1n) is 7.98. The largest absolute Gasteiger partial charge is 0.445 e. The Bertz CT molecular complexity index is 630. The molecule has 1 aliphatic heterocycles.